The van der Waals surface area contributed by atoms with Crippen molar-refractivity contribution in [2.45, 2.75) is 12.6 Å². The predicted molar refractivity (Wildman–Crippen MR) is 54.6 cm³/mol. The summed E-state index contributed by atoms with van der Waals surface area (Å²) >= 11 is 0. The van der Waals surface area contributed by atoms with E-state index in [2.05, 4.69) is 4.99 Å². The number of carboxylic acid groups (broad SMARTS) is 1. The second-order valence-electron chi connectivity index (χ2n) is 3.68. The van der Waals surface area contributed by atoms with Crippen molar-refractivity contribution in [2.75, 3.05) is 6.54 Å². The number of carboxylic acids is 1. The highest BCUT2D eigenvalue weighted by atomic mass is 19.4. The van der Waals surface area contributed by atoms with Gasteiger partial charge in [-0.25, -0.2) is 4.79 Å². The number of nitrogens with zero attached hydrogens (tertiary/aromatic N) is 1. The average molecular weight is 243 g/mol. The zero-order valence-electron chi connectivity index (χ0n) is 8.58. The molecule has 1 aliphatic heterocycles. The first kappa shape index (κ1) is 11.6. The molecule has 1 N–H and O–H groups in total. The summed E-state index contributed by atoms with van der Waals surface area (Å²) < 4.78 is 37.7. The summed E-state index contributed by atoms with van der Waals surface area (Å²) in [5.41, 5.74) is -0.591. The molecule has 2 rings (SSSR count). The third-order valence-corrected chi connectivity index (χ3v) is 2.56. The van der Waals surface area contributed by atoms with Gasteiger partial charge in [0.15, 0.2) is 0 Å². The molecule has 3 nitrogen and oxygen atoms in total. The maximum absolute atomic E-state index is 12.6. The van der Waals surface area contributed by atoms with Gasteiger partial charge in [-0.2, -0.15) is 13.2 Å². The zero-order chi connectivity index (χ0) is 12.6. The number of halogens is 3. The Hall–Kier alpha value is -1.85. The molecule has 6 heteroatoms. The topological polar surface area (TPSA) is 49.7 Å². The van der Waals surface area contributed by atoms with Crippen molar-refractivity contribution in [3.05, 3.63) is 34.4 Å². The van der Waals surface area contributed by atoms with Gasteiger partial charge in [0.2, 0.25) is 0 Å². The fraction of sp³-hybridized carbons (Fsp3) is 0.273. The number of hydrogen-bond acceptors (Lipinski definition) is 2. The molecule has 0 fully saturated rings. The van der Waals surface area contributed by atoms with E-state index in [-0.39, 0.29) is 11.1 Å². The standard InChI is InChI=1S/C11H8F3NO2/c12-11(13,14)7-3-6-5-15-2-1-8(6)9(4-7)10(16)17/h3-5H,1-2H2,(H,16,17). The molecule has 0 radical (unpaired) electrons. The van der Waals surface area contributed by atoms with Crippen LogP contribution in [0.3, 0.4) is 0 Å². The largest absolute Gasteiger partial charge is 0.478 e. The number of carbonyl (C=O) groups is 1. The molecule has 0 aliphatic carbocycles. The molecule has 17 heavy (non-hydrogen) atoms. The lowest BCUT2D eigenvalue weighted by atomic mass is 9.94. The molecule has 90 valence electrons. The van der Waals surface area contributed by atoms with E-state index in [1.54, 1.807) is 0 Å². The lowest BCUT2D eigenvalue weighted by molar-refractivity contribution is -0.137. The minimum Gasteiger partial charge on any atom is -0.478 e. The Balaban J connectivity index is 2.66. The summed E-state index contributed by atoms with van der Waals surface area (Å²) in [5, 5.41) is 8.92. The molecule has 1 aromatic carbocycles. The Kier molecular flexibility index (Phi) is 2.65. The zero-order valence-corrected chi connectivity index (χ0v) is 8.58. The minimum absolute atomic E-state index is 0.239. The van der Waals surface area contributed by atoms with Crippen LogP contribution in [0.1, 0.15) is 27.0 Å². The number of benzene rings is 1. The van der Waals surface area contributed by atoms with Gasteiger partial charge in [0, 0.05) is 12.8 Å². The molecule has 0 saturated carbocycles. The third kappa shape index (κ3) is 2.15. The number of aromatic carboxylic acids is 1. The molecular weight excluding hydrogens is 235 g/mol. The minimum atomic E-state index is -4.55. The van der Waals surface area contributed by atoms with Crippen LogP contribution in [0.25, 0.3) is 0 Å². The van der Waals surface area contributed by atoms with Crippen LogP contribution in [0, 0.1) is 0 Å². The van der Waals surface area contributed by atoms with Crippen molar-refractivity contribution >= 4 is 12.2 Å². The molecule has 0 saturated heterocycles. The maximum Gasteiger partial charge on any atom is 0.416 e. The first-order valence-corrected chi connectivity index (χ1v) is 4.87. The Morgan fingerprint density at radius 1 is 1.35 bits per heavy atom. The van der Waals surface area contributed by atoms with Crippen molar-refractivity contribution in [3.63, 3.8) is 0 Å². The van der Waals surface area contributed by atoms with Gasteiger partial charge in [-0.05, 0) is 29.7 Å². The molecule has 0 atom stereocenters. The first-order chi connectivity index (χ1) is 7.89. The summed E-state index contributed by atoms with van der Waals surface area (Å²) in [7, 11) is 0. The lowest BCUT2D eigenvalue weighted by Crippen LogP contribution is -2.15. The van der Waals surface area contributed by atoms with Gasteiger partial charge in [0.1, 0.15) is 0 Å². The highest BCUT2D eigenvalue weighted by molar-refractivity contribution is 5.95. The average Bonchev–Trinajstić information content (AvgIpc) is 2.26. The Bertz CT molecular complexity index is 506. The molecule has 0 aromatic heterocycles. The highest BCUT2D eigenvalue weighted by Crippen LogP contribution is 2.32. The SMILES string of the molecule is O=C(O)c1cc(C(F)(F)F)cc2c1CCN=C2. The van der Waals surface area contributed by atoms with Crippen LogP contribution in [0.15, 0.2) is 17.1 Å². The van der Waals surface area contributed by atoms with Gasteiger partial charge in [0.25, 0.3) is 0 Å². The van der Waals surface area contributed by atoms with Crippen molar-refractivity contribution in [2.24, 2.45) is 4.99 Å². The van der Waals surface area contributed by atoms with Crippen LogP contribution in [0.2, 0.25) is 0 Å². The third-order valence-electron chi connectivity index (χ3n) is 2.56. The molecule has 0 amide bonds. The van der Waals surface area contributed by atoms with Gasteiger partial charge >= 0.3 is 12.1 Å². The fourth-order valence-corrected chi connectivity index (χ4v) is 1.78. The van der Waals surface area contributed by atoms with Crippen LogP contribution in [0.5, 0.6) is 0 Å². The Morgan fingerprint density at radius 2 is 2.06 bits per heavy atom. The predicted octanol–water partition coefficient (Wildman–Crippen LogP) is 2.38. The van der Waals surface area contributed by atoms with E-state index in [0.29, 0.717) is 24.6 Å². The van der Waals surface area contributed by atoms with Crippen molar-refractivity contribution in [1.82, 2.24) is 0 Å². The second-order valence-corrected chi connectivity index (χ2v) is 3.68. The molecule has 1 aliphatic rings. The van der Waals surface area contributed by atoms with E-state index in [1.807, 2.05) is 0 Å². The van der Waals surface area contributed by atoms with Gasteiger partial charge in [-0.3, -0.25) is 4.99 Å². The van der Waals surface area contributed by atoms with E-state index < -0.39 is 17.7 Å². The highest BCUT2D eigenvalue weighted by Gasteiger charge is 2.33. The Morgan fingerprint density at radius 3 is 2.65 bits per heavy atom. The summed E-state index contributed by atoms with van der Waals surface area (Å²) in [6.45, 7) is 0.401. The fourth-order valence-electron chi connectivity index (χ4n) is 1.78. The lowest BCUT2D eigenvalue weighted by Gasteiger charge is -2.16. The van der Waals surface area contributed by atoms with Gasteiger partial charge in [0.05, 0.1) is 11.1 Å². The van der Waals surface area contributed by atoms with E-state index in [0.717, 1.165) is 6.07 Å². The van der Waals surface area contributed by atoms with Crippen LogP contribution < -0.4 is 0 Å². The van der Waals surface area contributed by atoms with E-state index in [9.17, 15) is 18.0 Å². The van der Waals surface area contributed by atoms with Crippen LogP contribution >= 0.6 is 0 Å². The van der Waals surface area contributed by atoms with Crippen LogP contribution in [-0.2, 0) is 12.6 Å². The molecule has 0 unspecified atom stereocenters. The molecule has 0 spiro atoms. The van der Waals surface area contributed by atoms with Gasteiger partial charge in [-0.15, -0.1) is 0 Å². The number of aliphatic imine (C=N–C) groups is 1. The molecule has 1 aromatic rings. The normalized spacial score (nSPS) is 14.5. The van der Waals surface area contributed by atoms with Gasteiger partial charge < -0.3 is 5.11 Å². The number of hydrogen-bond donors (Lipinski definition) is 1. The summed E-state index contributed by atoms with van der Waals surface area (Å²) in [5.74, 6) is -1.34. The Labute approximate surface area is 94.6 Å². The summed E-state index contributed by atoms with van der Waals surface area (Å²) in [6, 6.07) is 1.62. The van der Waals surface area contributed by atoms with Crippen LogP contribution in [-0.4, -0.2) is 23.8 Å². The van der Waals surface area contributed by atoms with Crippen LogP contribution in [0.4, 0.5) is 13.2 Å². The van der Waals surface area contributed by atoms with Crippen molar-refractivity contribution in [3.8, 4) is 0 Å². The van der Waals surface area contributed by atoms with E-state index >= 15 is 0 Å². The van der Waals surface area contributed by atoms with Gasteiger partial charge in [-0.1, -0.05) is 0 Å². The molecule has 0 bridgehead atoms. The number of alkyl halides is 3. The maximum atomic E-state index is 12.6. The number of fused-ring (bicyclic) bond motifs is 1. The van der Waals surface area contributed by atoms with Crippen molar-refractivity contribution in [1.29, 1.82) is 0 Å². The molecule has 1 heterocycles. The quantitative estimate of drug-likeness (QED) is 0.823. The second kappa shape index (κ2) is 3.87. The van der Waals surface area contributed by atoms with Crippen molar-refractivity contribution < 1.29 is 23.1 Å². The summed E-state index contributed by atoms with van der Waals surface area (Å²) in [4.78, 5) is 14.8. The first-order valence-electron chi connectivity index (χ1n) is 4.87. The van der Waals surface area contributed by atoms with E-state index in [1.165, 1.54) is 6.21 Å². The molecular formula is C11H8F3NO2. The smallest absolute Gasteiger partial charge is 0.416 e. The monoisotopic (exact) mass is 243 g/mol. The number of rotatable bonds is 1. The summed E-state index contributed by atoms with van der Waals surface area (Å²) in [6.07, 6.45) is -2.91. The van der Waals surface area contributed by atoms with E-state index in [4.69, 9.17) is 5.11 Å².